The van der Waals surface area contributed by atoms with Gasteiger partial charge in [-0.1, -0.05) is 19.8 Å². The highest BCUT2D eigenvalue weighted by atomic mass is 127. The SMILES string of the molecule is CCCCCNc1ncnc2[nH]cc(I)c12.OC[C@H]1OC(O)[C@H](O)[C@@H]1O. The van der Waals surface area contributed by atoms with Gasteiger partial charge in [0.1, 0.15) is 36.1 Å². The summed E-state index contributed by atoms with van der Waals surface area (Å²) in [6.45, 7) is 2.77. The molecular weight excluding hydrogens is 455 g/mol. The van der Waals surface area contributed by atoms with Gasteiger partial charge in [-0.25, -0.2) is 9.97 Å². The molecule has 1 unspecified atom stereocenters. The summed E-state index contributed by atoms with van der Waals surface area (Å²) in [4.78, 5) is 11.6. The van der Waals surface area contributed by atoms with Gasteiger partial charge in [0.05, 0.1) is 12.0 Å². The number of ether oxygens (including phenoxy) is 1. The van der Waals surface area contributed by atoms with Crippen LogP contribution in [-0.4, -0.2) is 73.1 Å². The second kappa shape index (κ2) is 10.3. The lowest BCUT2D eigenvalue weighted by Gasteiger charge is -2.09. The predicted molar refractivity (Wildman–Crippen MR) is 105 cm³/mol. The first-order chi connectivity index (χ1) is 12.5. The highest BCUT2D eigenvalue weighted by Gasteiger charge is 2.41. The van der Waals surface area contributed by atoms with Crippen LogP contribution in [0.2, 0.25) is 0 Å². The zero-order valence-electron chi connectivity index (χ0n) is 14.5. The molecule has 2 aromatic heterocycles. The minimum atomic E-state index is -1.38. The van der Waals surface area contributed by atoms with Crippen LogP contribution in [-0.2, 0) is 4.74 Å². The van der Waals surface area contributed by atoms with Gasteiger partial charge in [0.25, 0.3) is 0 Å². The predicted octanol–water partition coefficient (Wildman–Crippen LogP) is 0.582. The van der Waals surface area contributed by atoms with Gasteiger partial charge in [0.15, 0.2) is 6.29 Å². The van der Waals surface area contributed by atoms with E-state index in [1.54, 1.807) is 6.33 Å². The van der Waals surface area contributed by atoms with E-state index in [1.165, 1.54) is 19.3 Å². The van der Waals surface area contributed by atoms with Crippen LogP contribution in [0.1, 0.15) is 26.2 Å². The molecule has 0 radical (unpaired) electrons. The monoisotopic (exact) mass is 480 g/mol. The Hall–Kier alpha value is -1.05. The summed E-state index contributed by atoms with van der Waals surface area (Å²) in [6, 6.07) is 0. The molecular formula is C16H25IN4O5. The first-order valence-corrected chi connectivity index (χ1v) is 9.59. The normalized spacial score (nSPS) is 25.2. The second-order valence-corrected chi connectivity index (χ2v) is 7.11. The molecule has 0 bridgehead atoms. The van der Waals surface area contributed by atoms with Gasteiger partial charge >= 0.3 is 0 Å². The standard InChI is InChI=1S/C11H15IN4.C5H10O5/c1-2-3-4-5-13-10-9-8(12)6-14-11(9)16-7-15-10;6-1-2-3(7)4(8)5(9)10-2/h6-7H,2-5H2,1H3,(H2,13,14,15,16);2-9H,1H2/t;2-,3-,4-,5?/m.1/s1. The Balaban J connectivity index is 0.000000209. The van der Waals surface area contributed by atoms with E-state index in [0.717, 1.165) is 27.0 Å². The number of nitrogens with one attached hydrogen (secondary N) is 2. The molecule has 10 heteroatoms. The summed E-state index contributed by atoms with van der Waals surface area (Å²) in [5.74, 6) is 0.937. The van der Waals surface area contributed by atoms with Gasteiger partial charge in [0.2, 0.25) is 0 Å². The van der Waals surface area contributed by atoms with E-state index in [9.17, 15) is 0 Å². The maximum absolute atomic E-state index is 8.93. The molecule has 26 heavy (non-hydrogen) atoms. The Labute approximate surface area is 165 Å². The molecule has 1 saturated heterocycles. The van der Waals surface area contributed by atoms with Crippen molar-refractivity contribution in [3.63, 3.8) is 0 Å². The lowest BCUT2D eigenvalue weighted by molar-refractivity contribution is -0.132. The van der Waals surface area contributed by atoms with Gasteiger partial charge in [-0.3, -0.25) is 0 Å². The molecule has 3 rings (SSSR count). The van der Waals surface area contributed by atoms with Crippen molar-refractivity contribution in [3.05, 3.63) is 16.1 Å². The van der Waals surface area contributed by atoms with Crippen LogP contribution in [0.3, 0.4) is 0 Å². The molecule has 0 aliphatic carbocycles. The number of aliphatic hydroxyl groups excluding tert-OH is 4. The Kier molecular flexibility index (Phi) is 8.44. The van der Waals surface area contributed by atoms with Crippen molar-refractivity contribution in [1.82, 2.24) is 15.0 Å². The zero-order chi connectivity index (χ0) is 19.1. The van der Waals surface area contributed by atoms with Crippen molar-refractivity contribution in [2.75, 3.05) is 18.5 Å². The molecule has 9 nitrogen and oxygen atoms in total. The highest BCUT2D eigenvalue weighted by Crippen LogP contribution is 2.24. The van der Waals surface area contributed by atoms with Crippen molar-refractivity contribution in [1.29, 1.82) is 0 Å². The summed E-state index contributed by atoms with van der Waals surface area (Å²) in [7, 11) is 0. The van der Waals surface area contributed by atoms with E-state index >= 15 is 0 Å². The van der Waals surface area contributed by atoms with Gasteiger partial charge in [-0.2, -0.15) is 0 Å². The summed E-state index contributed by atoms with van der Waals surface area (Å²) < 4.78 is 5.70. The number of aromatic nitrogens is 3. The molecule has 6 N–H and O–H groups in total. The van der Waals surface area contributed by atoms with E-state index in [1.807, 2.05) is 6.20 Å². The molecule has 0 saturated carbocycles. The van der Waals surface area contributed by atoms with Crippen molar-refractivity contribution in [3.8, 4) is 0 Å². The Morgan fingerprint density at radius 2 is 2.00 bits per heavy atom. The molecule has 0 aromatic carbocycles. The number of hydrogen-bond acceptors (Lipinski definition) is 8. The van der Waals surface area contributed by atoms with Crippen LogP contribution in [0.15, 0.2) is 12.5 Å². The van der Waals surface area contributed by atoms with E-state index in [-0.39, 0.29) is 0 Å². The molecule has 1 fully saturated rings. The molecule has 146 valence electrons. The fourth-order valence-electron chi connectivity index (χ4n) is 2.52. The third-order valence-corrected chi connectivity index (χ3v) is 4.86. The topological polar surface area (TPSA) is 144 Å². The van der Waals surface area contributed by atoms with E-state index in [0.29, 0.717) is 0 Å². The first-order valence-electron chi connectivity index (χ1n) is 8.51. The third-order valence-electron chi connectivity index (χ3n) is 4.01. The van der Waals surface area contributed by atoms with Crippen molar-refractivity contribution < 1.29 is 25.2 Å². The Morgan fingerprint density at radius 1 is 1.23 bits per heavy atom. The Bertz CT molecular complexity index is 686. The van der Waals surface area contributed by atoms with E-state index < -0.39 is 31.2 Å². The number of anilines is 1. The van der Waals surface area contributed by atoms with E-state index in [4.69, 9.17) is 20.4 Å². The van der Waals surface area contributed by atoms with Gasteiger partial charge in [-0.15, -0.1) is 0 Å². The number of aliphatic hydroxyl groups is 4. The lowest BCUT2D eigenvalue weighted by Crippen LogP contribution is -2.33. The molecule has 1 aliphatic heterocycles. The minimum Gasteiger partial charge on any atom is -0.394 e. The zero-order valence-corrected chi connectivity index (χ0v) is 16.6. The van der Waals surface area contributed by atoms with Crippen LogP contribution in [0.25, 0.3) is 11.0 Å². The summed E-state index contributed by atoms with van der Waals surface area (Å²) >= 11 is 2.30. The fraction of sp³-hybridized carbons (Fsp3) is 0.625. The maximum Gasteiger partial charge on any atom is 0.184 e. The maximum atomic E-state index is 8.93. The molecule has 4 atom stereocenters. The van der Waals surface area contributed by atoms with Crippen molar-refractivity contribution >= 4 is 39.4 Å². The minimum absolute atomic E-state index is 0.407. The molecule has 1 aliphatic rings. The molecule has 0 spiro atoms. The highest BCUT2D eigenvalue weighted by molar-refractivity contribution is 14.1. The van der Waals surface area contributed by atoms with Crippen LogP contribution in [0, 0.1) is 3.57 Å². The quantitative estimate of drug-likeness (QED) is 0.260. The summed E-state index contributed by atoms with van der Waals surface area (Å²) in [5.41, 5.74) is 0.900. The van der Waals surface area contributed by atoms with Crippen molar-refractivity contribution in [2.24, 2.45) is 0 Å². The average molecular weight is 480 g/mol. The Morgan fingerprint density at radius 3 is 2.58 bits per heavy atom. The van der Waals surface area contributed by atoms with Gasteiger partial charge in [-0.05, 0) is 29.0 Å². The fourth-order valence-corrected chi connectivity index (χ4v) is 3.19. The molecule has 0 amide bonds. The number of nitrogens with zero attached hydrogens (tertiary/aromatic N) is 2. The third kappa shape index (κ3) is 5.24. The number of unbranched alkanes of at least 4 members (excludes halogenated alkanes) is 2. The largest absolute Gasteiger partial charge is 0.394 e. The molecule has 2 aromatic rings. The van der Waals surface area contributed by atoms with Gasteiger partial charge < -0.3 is 35.5 Å². The van der Waals surface area contributed by atoms with Crippen LogP contribution in [0.5, 0.6) is 0 Å². The second-order valence-electron chi connectivity index (χ2n) is 5.95. The van der Waals surface area contributed by atoms with Crippen LogP contribution < -0.4 is 5.32 Å². The van der Waals surface area contributed by atoms with Crippen molar-refractivity contribution in [2.45, 2.75) is 50.8 Å². The summed E-state index contributed by atoms with van der Waals surface area (Å²) in [6.07, 6.45) is 2.47. The van der Waals surface area contributed by atoms with Crippen LogP contribution in [0.4, 0.5) is 5.82 Å². The number of H-pyrrole nitrogens is 1. The van der Waals surface area contributed by atoms with Gasteiger partial charge in [0, 0.05) is 16.3 Å². The number of halogens is 1. The number of aromatic amines is 1. The smallest absolute Gasteiger partial charge is 0.184 e. The number of hydrogen-bond donors (Lipinski definition) is 6. The summed E-state index contributed by atoms with van der Waals surface area (Å²) in [5, 5.41) is 39.4. The number of rotatable bonds is 6. The van der Waals surface area contributed by atoms with Crippen LogP contribution >= 0.6 is 22.6 Å². The number of fused-ring (bicyclic) bond motifs is 1. The average Bonchev–Trinajstić information content (AvgIpc) is 3.15. The lowest BCUT2D eigenvalue weighted by atomic mass is 10.1. The first kappa shape index (κ1) is 21.3. The molecule has 3 heterocycles. The van der Waals surface area contributed by atoms with E-state index in [2.05, 4.69) is 54.5 Å².